The van der Waals surface area contributed by atoms with Gasteiger partial charge in [-0.1, -0.05) is 54.5 Å². The molecule has 138 valence electrons. The normalized spacial score (nSPS) is 17.6. The Morgan fingerprint density at radius 1 is 1.00 bits per heavy atom. The predicted octanol–water partition coefficient (Wildman–Crippen LogP) is 3.48. The van der Waals surface area contributed by atoms with Crippen molar-refractivity contribution in [1.29, 1.82) is 0 Å². The van der Waals surface area contributed by atoms with Crippen LogP contribution in [0.4, 0.5) is 5.69 Å². The molecule has 0 radical (unpaired) electrons. The van der Waals surface area contributed by atoms with Crippen LogP contribution in [-0.4, -0.2) is 18.1 Å². The van der Waals surface area contributed by atoms with Gasteiger partial charge in [0.2, 0.25) is 5.60 Å². The lowest BCUT2D eigenvalue weighted by atomic mass is 9.95. The summed E-state index contributed by atoms with van der Waals surface area (Å²) < 4.78 is 5.30. The van der Waals surface area contributed by atoms with Crippen LogP contribution in [0.1, 0.15) is 16.7 Å². The third-order valence-corrected chi connectivity index (χ3v) is 4.78. The van der Waals surface area contributed by atoms with E-state index in [4.69, 9.17) is 4.74 Å². The van der Waals surface area contributed by atoms with Crippen LogP contribution in [0.3, 0.4) is 0 Å². The highest BCUT2D eigenvalue weighted by atomic mass is 16.5. The summed E-state index contributed by atoms with van der Waals surface area (Å²) >= 11 is 0. The lowest BCUT2D eigenvalue weighted by Gasteiger charge is -2.19. The standard InChI is InChI=1S/C24H19NO3/c1-28-20-12-13-22-21(16-20)24(27,15-14-18-8-4-2-5-9-18)23(26)25(22)17-19-10-6-3-7-11-19/h2-13,16,27H,17H2,1H3. The average Bonchev–Trinajstić information content (AvgIpc) is 2.95. The number of nitrogens with zero attached hydrogens (tertiary/aromatic N) is 1. The molecular formula is C24H19NO3. The number of carbonyl (C=O) groups excluding carboxylic acids is 1. The maximum atomic E-state index is 13.2. The average molecular weight is 369 g/mol. The number of hydrogen-bond donors (Lipinski definition) is 1. The summed E-state index contributed by atoms with van der Waals surface area (Å²) in [6.45, 7) is 0.355. The number of benzene rings is 3. The van der Waals surface area contributed by atoms with Crippen molar-refractivity contribution in [3.63, 3.8) is 0 Å². The van der Waals surface area contributed by atoms with Crippen LogP contribution in [0, 0.1) is 11.8 Å². The molecule has 1 atom stereocenters. The smallest absolute Gasteiger partial charge is 0.276 e. The van der Waals surface area contributed by atoms with E-state index in [2.05, 4.69) is 11.8 Å². The second-order valence-electron chi connectivity index (χ2n) is 6.59. The van der Waals surface area contributed by atoms with E-state index in [0.717, 1.165) is 11.1 Å². The molecule has 1 amide bonds. The highest BCUT2D eigenvalue weighted by Crippen LogP contribution is 2.42. The van der Waals surface area contributed by atoms with E-state index in [-0.39, 0.29) is 0 Å². The van der Waals surface area contributed by atoms with Gasteiger partial charge in [-0.2, -0.15) is 0 Å². The van der Waals surface area contributed by atoms with Crippen LogP contribution in [0.15, 0.2) is 78.9 Å². The third kappa shape index (κ3) is 3.13. The van der Waals surface area contributed by atoms with Crippen molar-refractivity contribution in [2.45, 2.75) is 12.1 Å². The Balaban J connectivity index is 1.79. The molecule has 1 aliphatic heterocycles. The van der Waals surface area contributed by atoms with Crippen molar-refractivity contribution in [3.8, 4) is 17.6 Å². The summed E-state index contributed by atoms with van der Waals surface area (Å²) in [5.74, 6) is 5.85. The molecule has 1 aliphatic rings. The molecule has 0 bridgehead atoms. The van der Waals surface area contributed by atoms with Gasteiger partial charge in [-0.05, 0) is 41.8 Å². The van der Waals surface area contributed by atoms with E-state index in [1.807, 2.05) is 60.7 Å². The maximum absolute atomic E-state index is 13.2. The van der Waals surface area contributed by atoms with E-state index in [9.17, 15) is 9.90 Å². The fraction of sp³-hybridized carbons (Fsp3) is 0.125. The Bertz CT molecular complexity index is 1070. The first-order chi connectivity index (χ1) is 13.6. The van der Waals surface area contributed by atoms with Gasteiger partial charge in [0.25, 0.3) is 5.91 Å². The highest BCUT2D eigenvalue weighted by Gasteiger charge is 2.49. The second-order valence-corrected chi connectivity index (χ2v) is 6.59. The van der Waals surface area contributed by atoms with Gasteiger partial charge in [-0.25, -0.2) is 0 Å². The molecule has 0 saturated heterocycles. The number of carbonyl (C=O) groups is 1. The van der Waals surface area contributed by atoms with E-state index in [1.165, 1.54) is 0 Å². The Morgan fingerprint density at radius 2 is 1.68 bits per heavy atom. The van der Waals surface area contributed by atoms with Crippen molar-refractivity contribution < 1.29 is 14.6 Å². The molecule has 1 unspecified atom stereocenters. The summed E-state index contributed by atoms with van der Waals surface area (Å²) in [4.78, 5) is 14.8. The molecule has 0 aliphatic carbocycles. The van der Waals surface area contributed by atoms with E-state index < -0.39 is 11.5 Å². The molecule has 3 aromatic rings. The summed E-state index contributed by atoms with van der Waals surface area (Å²) in [7, 11) is 1.55. The zero-order chi connectivity index (χ0) is 19.6. The molecule has 28 heavy (non-hydrogen) atoms. The Kier molecular flexibility index (Phi) is 4.60. The summed E-state index contributed by atoms with van der Waals surface area (Å²) in [5, 5.41) is 11.3. The topological polar surface area (TPSA) is 49.8 Å². The molecule has 0 spiro atoms. The lowest BCUT2D eigenvalue weighted by molar-refractivity contribution is -0.130. The van der Waals surface area contributed by atoms with Crippen molar-refractivity contribution >= 4 is 11.6 Å². The Morgan fingerprint density at radius 3 is 2.36 bits per heavy atom. The van der Waals surface area contributed by atoms with Gasteiger partial charge in [0, 0.05) is 11.1 Å². The minimum absolute atomic E-state index is 0.355. The van der Waals surface area contributed by atoms with Crippen molar-refractivity contribution in [2.24, 2.45) is 0 Å². The summed E-state index contributed by atoms with van der Waals surface area (Å²) in [5.41, 5.74) is 0.859. The summed E-state index contributed by atoms with van der Waals surface area (Å²) in [6.07, 6.45) is 0. The van der Waals surface area contributed by atoms with Crippen LogP contribution in [0.25, 0.3) is 0 Å². The number of aliphatic hydroxyl groups is 1. The van der Waals surface area contributed by atoms with Crippen LogP contribution in [0.2, 0.25) is 0 Å². The third-order valence-electron chi connectivity index (χ3n) is 4.78. The first-order valence-corrected chi connectivity index (χ1v) is 8.97. The Hall–Kier alpha value is -3.55. The fourth-order valence-electron chi connectivity index (χ4n) is 3.32. The molecule has 0 saturated carbocycles. The number of fused-ring (bicyclic) bond motifs is 1. The SMILES string of the molecule is COc1ccc2c(c1)C(O)(C#Cc1ccccc1)C(=O)N2Cc1ccccc1. The van der Waals surface area contributed by atoms with Gasteiger partial charge in [0.1, 0.15) is 5.75 Å². The summed E-state index contributed by atoms with van der Waals surface area (Å²) in [6, 6.07) is 24.2. The van der Waals surface area contributed by atoms with E-state index >= 15 is 0 Å². The van der Waals surface area contributed by atoms with Crippen LogP contribution < -0.4 is 9.64 Å². The molecule has 0 aromatic heterocycles. The molecule has 0 fully saturated rings. The largest absolute Gasteiger partial charge is 0.497 e. The van der Waals surface area contributed by atoms with Crippen LogP contribution in [0.5, 0.6) is 5.75 Å². The molecule has 1 heterocycles. The fourth-order valence-corrected chi connectivity index (χ4v) is 3.32. The predicted molar refractivity (Wildman–Crippen MR) is 108 cm³/mol. The highest BCUT2D eigenvalue weighted by molar-refractivity contribution is 6.09. The quantitative estimate of drug-likeness (QED) is 0.719. The van der Waals surface area contributed by atoms with Gasteiger partial charge >= 0.3 is 0 Å². The van der Waals surface area contributed by atoms with Crippen LogP contribution in [-0.2, 0) is 16.9 Å². The number of hydrogen-bond acceptors (Lipinski definition) is 3. The monoisotopic (exact) mass is 369 g/mol. The minimum atomic E-state index is -1.92. The molecule has 4 nitrogen and oxygen atoms in total. The molecule has 4 heteroatoms. The lowest BCUT2D eigenvalue weighted by Crippen LogP contribution is -2.39. The number of rotatable bonds is 3. The molecule has 1 N–H and O–H groups in total. The second kappa shape index (κ2) is 7.22. The van der Waals surface area contributed by atoms with Gasteiger partial charge in [-0.15, -0.1) is 0 Å². The van der Waals surface area contributed by atoms with Crippen molar-refractivity contribution in [1.82, 2.24) is 0 Å². The first-order valence-electron chi connectivity index (χ1n) is 8.97. The van der Waals surface area contributed by atoms with Crippen molar-refractivity contribution in [3.05, 3.63) is 95.6 Å². The van der Waals surface area contributed by atoms with E-state index in [1.54, 1.807) is 30.2 Å². The number of anilines is 1. The number of methoxy groups -OCH3 is 1. The van der Waals surface area contributed by atoms with Gasteiger partial charge < -0.3 is 14.7 Å². The molecular weight excluding hydrogens is 350 g/mol. The maximum Gasteiger partial charge on any atom is 0.276 e. The number of ether oxygens (including phenoxy) is 1. The zero-order valence-electron chi connectivity index (χ0n) is 15.4. The van der Waals surface area contributed by atoms with Crippen LogP contribution >= 0.6 is 0 Å². The first kappa shape index (κ1) is 17.8. The van der Waals surface area contributed by atoms with Gasteiger partial charge in [-0.3, -0.25) is 4.79 Å². The van der Waals surface area contributed by atoms with E-state index in [0.29, 0.717) is 23.5 Å². The van der Waals surface area contributed by atoms with Gasteiger partial charge in [0.15, 0.2) is 0 Å². The minimum Gasteiger partial charge on any atom is -0.497 e. The zero-order valence-corrected chi connectivity index (χ0v) is 15.4. The molecule has 3 aromatic carbocycles. The van der Waals surface area contributed by atoms with Gasteiger partial charge in [0.05, 0.1) is 19.3 Å². The molecule has 4 rings (SSSR count). The van der Waals surface area contributed by atoms with Crippen molar-refractivity contribution in [2.75, 3.05) is 12.0 Å². The Labute approximate surface area is 164 Å². The number of amides is 1.